The van der Waals surface area contributed by atoms with E-state index in [4.69, 9.17) is 4.74 Å². The van der Waals surface area contributed by atoms with Crippen LogP contribution in [0, 0.1) is 5.92 Å². The number of ether oxygens (including phenoxy) is 1. The molecule has 1 amide bonds. The Morgan fingerprint density at radius 3 is 2.94 bits per heavy atom. The van der Waals surface area contributed by atoms with Gasteiger partial charge in [0.1, 0.15) is 0 Å². The van der Waals surface area contributed by atoms with Gasteiger partial charge in [0.25, 0.3) is 0 Å². The lowest BCUT2D eigenvalue weighted by Gasteiger charge is -2.31. The molecule has 0 saturated carbocycles. The predicted octanol–water partition coefficient (Wildman–Crippen LogP) is 1.45. The summed E-state index contributed by atoms with van der Waals surface area (Å²) in [4.78, 5) is 12.0. The van der Waals surface area contributed by atoms with Gasteiger partial charge in [-0.05, 0) is 44.6 Å². The second-order valence-electron chi connectivity index (χ2n) is 6.00. The fraction of sp³-hybridized carbons (Fsp3) is 0.929. The lowest BCUT2D eigenvalue weighted by Crippen LogP contribution is -2.48. The van der Waals surface area contributed by atoms with Crippen molar-refractivity contribution in [1.29, 1.82) is 0 Å². The SMILES string of the molecule is CC(C)CC1CC(NC(=O)C2CCCN2)CCO1. The molecule has 104 valence electrons. The first-order valence-corrected chi connectivity index (χ1v) is 7.30. The summed E-state index contributed by atoms with van der Waals surface area (Å²) >= 11 is 0. The largest absolute Gasteiger partial charge is 0.378 e. The van der Waals surface area contributed by atoms with Gasteiger partial charge in [-0.25, -0.2) is 0 Å². The van der Waals surface area contributed by atoms with E-state index in [0.717, 1.165) is 45.3 Å². The van der Waals surface area contributed by atoms with Crippen LogP contribution in [0.15, 0.2) is 0 Å². The molecule has 2 rings (SSSR count). The van der Waals surface area contributed by atoms with Crippen molar-refractivity contribution in [1.82, 2.24) is 10.6 Å². The summed E-state index contributed by atoms with van der Waals surface area (Å²) in [6, 6.07) is 0.341. The molecule has 4 nitrogen and oxygen atoms in total. The molecule has 2 N–H and O–H groups in total. The van der Waals surface area contributed by atoms with Crippen molar-refractivity contribution in [3.05, 3.63) is 0 Å². The molecule has 2 saturated heterocycles. The normalized spacial score (nSPS) is 32.7. The first-order valence-electron chi connectivity index (χ1n) is 7.30. The van der Waals surface area contributed by atoms with E-state index in [9.17, 15) is 4.79 Å². The van der Waals surface area contributed by atoms with Crippen molar-refractivity contribution in [3.8, 4) is 0 Å². The second-order valence-corrected chi connectivity index (χ2v) is 6.00. The predicted molar refractivity (Wildman–Crippen MR) is 71.4 cm³/mol. The van der Waals surface area contributed by atoms with E-state index in [2.05, 4.69) is 24.5 Å². The summed E-state index contributed by atoms with van der Waals surface area (Å²) in [5.74, 6) is 0.837. The average Bonchev–Trinajstić information content (AvgIpc) is 2.81. The van der Waals surface area contributed by atoms with Crippen molar-refractivity contribution < 1.29 is 9.53 Å². The molecule has 0 radical (unpaired) electrons. The maximum absolute atomic E-state index is 12.0. The molecule has 0 spiro atoms. The molecule has 0 aromatic carbocycles. The summed E-state index contributed by atoms with van der Waals surface area (Å²) in [5, 5.41) is 6.43. The molecule has 2 aliphatic rings. The summed E-state index contributed by atoms with van der Waals surface area (Å²) in [6.45, 7) is 6.18. The molecule has 0 aromatic rings. The van der Waals surface area contributed by atoms with Crippen LogP contribution in [0.25, 0.3) is 0 Å². The molecule has 4 heteroatoms. The third-order valence-corrected chi connectivity index (χ3v) is 3.82. The van der Waals surface area contributed by atoms with Crippen LogP contribution in [0.1, 0.15) is 46.0 Å². The van der Waals surface area contributed by atoms with E-state index < -0.39 is 0 Å². The van der Waals surface area contributed by atoms with Gasteiger partial charge in [-0.2, -0.15) is 0 Å². The quantitative estimate of drug-likeness (QED) is 0.798. The van der Waals surface area contributed by atoms with Gasteiger partial charge in [-0.15, -0.1) is 0 Å². The smallest absolute Gasteiger partial charge is 0.237 e. The maximum Gasteiger partial charge on any atom is 0.237 e. The summed E-state index contributed by atoms with van der Waals surface area (Å²) in [6.07, 6.45) is 5.42. The minimum Gasteiger partial charge on any atom is -0.378 e. The van der Waals surface area contributed by atoms with E-state index in [1.807, 2.05) is 0 Å². The molecule has 3 unspecified atom stereocenters. The molecule has 2 fully saturated rings. The fourth-order valence-corrected chi connectivity index (χ4v) is 2.91. The Hall–Kier alpha value is -0.610. The topological polar surface area (TPSA) is 50.4 Å². The highest BCUT2D eigenvalue weighted by atomic mass is 16.5. The van der Waals surface area contributed by atoms with Crippen LogP contribution in [0.5, 0.6) is 0 Å². The molecule has 2 aliphatic heterocycles. The molecular formula is C14H26N2O2. The lowest BCUT2D eigenvalue weighted by atomic mass is 9.96. The first-order chi connectivity index (χ1) is 8.65. The average molecular weight is 254 g/mol. The van der Waals surface area contributed by atoms with Gasteiger partial charge in [0.2, 0.25) is 5.91 Å². The third kappa shape index (κ3) is 3.95. The Labute approximate surface area is 110 Å². The van der Waals surface area contributed by atoms with E-state index in [-0.39, 0.29) is 11.9 Å². The molecule has 3 atom stereocenters. The van der Waals surface area contributed by atoms with Crippen LogP contribution in [-0.2, 0) is 9.53 Å². The van der Waals surface area contributed by atoms with Crippen LogP contribution in [-0.4, -0.2) is 37.2 Å². The molecule has 0 aliphatic carbocycles. The zero-order valence-corrected chi connectivity index (χ0v) is 11.6. The number of carbonyl (C=O) groups is 1. The van der Waals surface area contributed by atoms with Crippen LogP contribution >= 0.6 is 0 Å². The second kappa shape index (κ2) is 6.53. The van der Waals surface area contributed by atoms with Crippen LogP contribution in [0.4, 0.5) is 0 Å². The van der Waals surface area contributed by atoms with Gasteiger partial charge in [0, 0.05) is 12.6 Å². The van der Waals surface area contributed by atoms with Gasteiger partial charge in [-0.3, -0.25) is 4.79 Å². The van der Waals surface area contributed by atoms with E-state index in [0.29, 0.717) is 18.1 Å². The van der Waals surface area contributed by atoms with E-state index in [1.54, 1.807) is 0 Å². The minimum absolute atomic E-state index is 0.0383. The fourth-order valence-electron chi connectivity index (χ4n) is 2.91. The summed E-state index contributed by atoms with van der Waals surface area (Å²) in [5.41, 5.74) is 0. The molecular weight excluding hydrogens is 228 g/mol. The summed E-state index contributed by atoms with van der Waals surface area (Å²) < 4.78 is 5.76. The third-order valence-electron chi connectivity index (χ3n) is 3.82. The first kappa shape index (κ1) is 13.8. The lowest BCUT2D eigenvalue weighted by molar-refractivity contribution is -0.124. The Morgan fingerprint density at radius 1 is 1.44 bits per heavy atom. The molecule has 0 aromatic heterocycles. The Bertz CT molecular complexity index is 275. The highest BCUT2D eigenvalue weighted by molar-refractivity contribution is 5.82. The van der Waals surface area contributed by atoms with Crippen molar-refractivity contribution in [2.75, 3.05) is 13.2 Å². The van der Waals surface area contributed by atoms with Gasteiger partial charge in [-0.1, -0.05) is 13.8 Å². The monoisotopic (exact) mass is 254 g/mol. The van der Waals surface area contributed by atoms with Crippen LogP contribution in [0.3, 0.4) is 0 Å². The number of amides is 1. The highest BCUT2D eigenvalue weighted by Gasteiger charge is 2.28. The number of carbonyl (C=O) groups excluding carboxylic acids is 1. The zero-order valence-electron chi connectivity index (χ0n) is 11.6. The summed E-state index contributed by atoms with van der Waals surface area (Å²) in [7, 11) is 0. The minimum atomic E-state index is 0.0383. The van der Waals surface area contributed by atoms with Gasteiger partial charge in [0.05, 0.1) is 12.1 Å². The van der Waals surface area contributed by atoms with Gasteiger partial charge in [0.15, 0.2) is 0 Å². The number of hydrogen-bond donors (Lipinski definition) is 2. The van der Waals surface area contributed by atoms with E-state index in [1.165, 1.54) is 0 Å². The van der Waals surface area contributed by atoms with Gasteiger partial charge >= 0.3 is 0 Å². The molecule has 2 heterocycles. The Morgan fingerprint density at radius 2 is 2.28 bits per heavy atom. The Balaban J connectivity index is 1.76. The zero-order chi connectivity index (χ0) is 13.0. The van der Waals surface area contributed by atoms with Crippen molar-refractivity contribution in [2.24, 2.45) is 5.92 Å². The Kier molecular flexibility index (Phi) is 5.01. The molecule has 18 heavy (non-hydrogen) atoms. The number of hydrogen-bond acceptors (Lipinski definition) is 3. The molecule has 0 bridgehead atoms. The van der Waals surface area contributed by atoms with Crippen LogP contribution < -0.4 is 10.6 Å². The van der Waals surface area contributed by atoms with Crippen molar-refractivity contribution in [3.63, 3.8) is 0 Å². The van der Waals surface area contributed by atoms with Crippen LogP contribution in [0.2, 0.25) is 0 Å². The van der Waals surface area contributed by atoms with Crippen molar-refractivity contribution >= 4 is 5.91 Å². The highest BCUT2D eigenvalue weighted by Crippen LogP contribution is 2.20. The van der Waals surface area contributed by atoms with Crippen molar-refractivity contribution in [2.45, 2.75) is 64.1 Å². The standard InChI is InChI=1S/C14H26N2O2/c1-10(2)8-12-9-11(5-7-18-12)16-14(17)13-4-3-6-15-13/h10-13,15H,3-9H2,1-2H3,(H,16,17). The van der Waals surface area contributed by atoms with E-state index >= 15 is 0 Å². The number of rotatable bonds is 4. The number of nitrogens with one attached hydrogen (secondary N) is 2. The van der Waals surface area contributed by atoms with Gasteiger partial charge < -0.3 is 15.4 Å². The maximum atomic E-state index is 12.0.